The second-order valence-corrected chi connectivity index (χ2v) is 5.14. The van der Waals surface area contributed by atoms with E-state index < -0.39 is 0 Å². The minimum Gasteiger partial charge on any atom is -0.350 e. The van der Waals surface area contributed by atoms with E-state index in [2.05, 4.69) is 25.9 Å². The summed E-state index contributed by atoms with van der Waals surface area (Å²) in [5.74, 6) is 0.508. The number of halogens is 2. The fourth-order valence-corrected chi connectivity index (χ4v) is 2.41. The van der Waals surface area contributed by atoms with Crippen molar-refractivity contribution in [1.82, 2.24) is 9.97 Å². The van der Waals surface area contributed by atoms with Crippen LogP contribution in [0.4, 0.5) is 5.82 Å². The highest BCUT2D eigenvalue weighted by Crippen LogP contribution is 2.20. The molecule has 0 spiro atoms. The molecule has 0 aliphatic rings. The van der Waals surface area contributed by atoms with E-state index in [4.69, 9.17) is 11.6 Å². The number of benzene rings is 1. The lowest BCUT2D eigenvalue weighted by molar-refractivity contribution is 0.815. The van der Waals surface area contributed by atoms with Crippen LogP contribution >= 0.6 is 27.5 Å². The maximum atomic E-state index is 11.5. The molecule has 0 aliphatic heterocycles. The second-order valence-electron chi connectivity index (χ2n) is 3.97. The molecule has 0 aliphatic carbocycles. The van der Waals surface area contributed by atoms with Crippen molar-refractivity contribution in [2.45, 2.75) is 6.54 Å². The normalized spacial score (nSPS) is 10.4. The zero-order chi connectivity index (χ0) is 13.7. The third-order valence-electron chi connectivity index (χ3n) is 2.65. The van der Waals surface area contributed by atoms with Crippen molar-refractivity contribution >= 4 is 33.3 Å². The molecular formula is C13H13BrClN3O. The summed E-state index contributed by atoms with van der Waals surface area (Å²) in [4.78, 5) is 20.1. The Morgan fingerprint density at radius 2 is 2.05 bits per heavy atom. The van der Waals surface area contributed by atoms with Gasteiger partial charge in [0.1, 0.15) is 5.02 Å². The zero-order valence-corrected chi connectivity index (χ0v) is 12.5. The van der Waals surface area contributed by atoms with Gasteiger partial charge in [-0.1, -0.05) is 57.9 Å². The van der Waals surface area contributed by atoms with Crippen molar-refractivity contribution in [2.75, 3.05) is 16.8 Å². The molecule has 0 saturated heterocycles. The van der Waals surface area contributed by atoms with Crippen molar-refractivity contribution in [2.24, 2.45) is 0 Å². The Hall–Kier alpha value is -1.33. The maximum Gasteiger partial charge on any atom is 0.271 e. The van der Waals surface area contributed by atoms with Gasteiger partial charge in [0.2, 0.25) is 0 Å². The fourth-order valence-electron chi connectivity index (χ4n) is 1.76. The average molecular weight is 343 g/mol. The first-order chi connectivity index (χ1) is 9.22. The lowest BCUT2D eigenvalue weighted by Crippen LogP contribution is -2.28. The third kappa shape index (κ3) is 3.58. The summed E-state index contributed by atoms with van der Waals surface area (Å²) < 4.78 is 0. The van der Waals surface area contributed by atoms with Crippen molar-refractivity contribution < 1.29 is 0 Å². The lowest BCUT2D eigenvalue weighted by atomic mass is 10.2. The maximum absolute atomic E-state index is 11.5. The Kier molecular flexibility index (Phi) is 4.99. The first-order valence-electron chi connectivity index (χ1n) is 5.80. The highest BCUT2D eigenvalue weighted by molar-refractivity contribution is 9.09. The van der Waals surface area contributed by atoms with Gasteiger partial charge in [0.05, 0.1) is 6.33 Å². The van der Waals surface area contributed by atoms with Gasteiger partial charge in [-0.05, 0) is 5.56 Å². The quantitative estimate of drug-likeness (QED) is 0.850. The molecule has 1 N–H and O–H groups in total. The molecule has 0 amide bonds. The predicted molar refractivity (Wildman–Crippen MR) is 81.2 cm³/mol. The van der Waals surface area contributed by atoms with E-state index in [0.717, 1.165) is 10.9 Å². The van der Waals surface area contributed by atoms with Crippen LogP contribution in [0.1, 0.15) is 5.56 Å². The molecule has 0 bridgehead atoms. The first-order valence-corrected chi connectivity index (χ1v) is 7.30. The van der Waals surface area contributed by atoms with Crippen LogP contribution in [0.25, 0.3) is 0 Å². The molecule has 4 nitrogen and oxygen atoms in total. The fraction of sp³-hybridized carbons (Fsp3) is 0.231. The third-order valence-corrected chi connectivity index (χ3v) is 3.34. The van der Waals surface area contributed by atoms with Crippen molar-refractivity contribution in [3.05, 3.63) is 57.6 Å². The van der Waals surface area contributed by atoms with E-state index in [1.165, 1.54) is 6.33 Å². The molecule has 0 saturated carbocycles. The zero-order valence-electron chi connectivity index (χ0n) is 10.1. The number of alkyl halides is 1. The summed E-state index contributed by atoms with van der Waals surface area (Å²) in [6.45, 7) is 1.37. The molecule has 19 heavy (non-hydrogen) atoms. The van der Waals surface area contributed by atoms with Crippen molar-refractivity contribution in [1.29, 1.82) is 0 Å². The van der Waals surface area contributed by atoms with Crippen LogP contribution in [-0.4, -0.2) is 21.8 Å². The first kappa shape index (κ1) is 14.1. The van der Waals surface area contributed by atoms with E-state index in [1.54, 1.807) is 0 Å². The van der Waals surface area contributed by atoms with Crippen LogP contribution in [0.3, 0.4) is 0 Å². The summed E-state index contributed by atoms with van der Waals surface area (Å²) in [5.41, 5.74) is 0.820. The Bertz CT molecular complexity index is 588. The van der Waals surface area contributed by atoms with Gasteiger partial charge >= 0.3 is 0 Å². The lowest BCUT2D eigenvalue weighted by Gasteiger charge is -2.23. The molecule has 0 atom stereocenters. The minimum atomic E-state index is -0.320. The second kappa shape index (κ2) is 6.73. The number of anilines is 1. The Labute approximate surface area is 124 Å². The van der Waals surface area contributed by atoms with E-state index in [1.807, 2.05) is 35.2 Å². The molecular weight excluding hydrogens is 330 g/mol. The summed E-state index contributed by atoms with van der Waals surface area (Å²) in [6.07, 6.45) is 1.37. The van der Waals surface area contributed by atoms with Crippen LogP contribution < -0.4 is 10.5 Å². The highest BCUT2D eigenvalue weighted by Gasteiger charge is 2.14. The number of hydrogen-bond acceptors (Lipinski definition) is 3. The van der Waals surface area contributed by atoms with Crippen LogP contribution in [0, 0.1) is 0 Å². The molecule has 1 heterocycles. The summed E-state index contributed by atoms with van der Waals surface area (Å²) in [5, 5.41) is 0.893. The molecule has 6 heteroatoms. The van der Waals surface area contributed by atoms with Crippen LogP contribution in [-0.2, 0) is 6.54 Å². The van der Waals surface area contributed by atoms with Gasteiger partial charge in [-0.3, -0.25) is 4.79 Å². The highest BCUT2D eigenvalue weighted by atomic mass is 79.9. The van der Waals surface area contributed by atoms with Gasteiger partial charge in [0.15, 0.2) is 5.82 Å². The Balaban J connectivity index is 2.30. The van der Waals surface area contributed by atoms with E-state index in [9.17, 15) is 4.79 Å². The number of aromatic nitrogens is 2. The number of rotatable bonds is 5. The molecule has 1 aromatic carbocycles. The van der Waals surface area contributed by atoms with Crippen molar-refractivity contribution in [3.63, 3.8) is 0 Å². The smallest absolute Gasteiger partial charge is 0.271 e. The number of aromatic amines is 1. The van der Waals surface area contributed by atoms with Gasteiger partial charge < -0.3 is 9.88 Å². The van der Waals surface area contributed by atoms with E-state index in [-0.39, 0.29) is 10.6 Å². The Morgan fingerprint density at radius 1 is 1.32 bits per heavy atom. The molecule has 2 aromatic rings. The van der Waals surface area contributed by atoms with Crippen molar-refractivity contribution in [3.8, 4) is 0 Å². The molecule has 0 unspecified atom stereocenters. The van der Waals surface area contributed by atoms with E-state index >= 15 is 0 Å². The monoisotopic (exact) mass is 341 g/mol. The van der Waals surface area contributed by atoms with Crippen LogP contribution in [0.5, 0.6) is 0 Å². The van der Waals surface area contributed by atoms with Gasteiger partial charge in [-0.15, -0.1) is 0 Å². The largest absolute Gasteiger partial charge is 0.350 e. The van der Waals surface area contributed by atoms with Crippen LogP contribution in [0.2, 0.25) is 5.02 Å². The SMILES string of the molecule is O=c1[nH]cnc(N(CCBr)Cc2ccccc2)c1Cl. The molecule has 2 rings (SSSR count). The van der Waals surface area contributed by atoms with Crippen LogP contribution in [0.15, 0.2) is 41.5 Å². The van der Waals surface area contributed by atoms with Gasteiger partial charge in [-0.2, -0.15) is 0 Å². The molecule has 1 aromatic heterocycles. The molecule has 0 fully saturated rings. The van der Waals surface area contributed by atoms with Gasteiger partial charge in [-0.25, -0.2) is 4.98 Å². The summed E-state index contributed by atoms with van der Waals surface area (Å²) in [6, 6.07) is 9.99. The van der Waals surface area contributed by atoms with E-state index in [0.29, 0.717) is 18.9 Å². The number of hydrogen-bond donors (Lipinski definition) is 1. The van der Waals surface area contributed by atoms with Gasteiger partial charge in [0.25, 0.3) is 5.56 Å². The number of nitrogens with zero attached hydrogens (tertiary/aromatic N) is 2. The summed E-state index contributed by atoms with van der Waals surface area (Å²) >= 11 is 9.43. The topological polar surface area (TPSA) is 49.0 Å². The average Bonchev–Trinajstić information content (AvgIpc) is 2.43. The number of nitrogens with one attached hydrogen (secondary N) is 1. The Morgan fingerprint density at radius 3 is 2.74 bits per heavy atom. The molecule has 0 radical (unpaired) electrons. The standard InChI is InChI=1S/C13H13BrClN3O/c14-6-7-18(8-10-4-2-1-3-5-10)12-11(15)13(19)17-9-16-12/h1-5,9H,6-8H2,(H,16,17,19). The number of H-pyrrole nitrogens is 1. The summed E-state index contributed by atoms with van der Waals surface area (Å²) in [7, 11) is 0. The predicted octanol–water partition coefficient (Wildman–Crippen LogP) is 2.82. The van der Waals surface area contributed by atoms with Gasteiger partial charge in [0, 0.05) is 18.4 Å². The minimum absolute atomic E-state index is 0.124. The molecule has 100 valence electrons.